The highest BCUT2D eigenvalue weighted by atomic mass is 16.4. The van der Waals surface area contributed by atoms with E-state index in [0.29, 0.717) is 24.0 Å². The van der Waals surface area contributed by atoms with Crippen LogP contribution in [-0.2, 0) is 16.1 Å². The molecule has 57 heavy (non-hydrogen) atoms. The highest BCUT2D eigenvalue weighted by Gasteiger charge is 2.39. The number of imide groups is 1. The number of nitrogens with zero attached hydrogens (tertiary/aromatic N) is 5. The summed E-state index contributed by atoms with van der Waals surface area (Å²) >= 11 is 0. The molecule has 4 aromatic rings. The summed E-state index contributed by atoms with van der Waals surface area (Å²) < 4.78 is 0. The predicted octanol–water partition coefficient (Wildman–Crippen LogP) is 3.44. The predicted molar refractivity (Wildman–Crippen MR) is 225 cm³/mol. The van der Waals surface area contributed by atoms with Gasteiger partial charge in [0.1, 0.15) is 6.04 Å². The van der Waals surface area contributed by atoms with Gasteiger partial charge in [0.05, 0.1) is 0 Å². The molecule has 4 aliphatic rings. The van der Waals surface area contributed by atoms with Crippen molar-refractivity contribution in [3.63, 3.8) is 0 Å². The van der Waals surface area contributed by atoms with Crippen molar-refractivity contribution in [3.8, 4) is 0 Å². The standard InChI is InChI=1S/C45H51BN6O5/c1-2-39(32-6-4-3-5-7-32)43(33-8-12-36(13-9-33)46(56)57)34-10-14-37(15-11-34)50-26-22-48(23-27-50)20-21-49-24-28-51(29-25-49)38-16-17-40-35(30-38)31-52(45(40)55)41-18-19-42(53)47-44(41)54/h3-17,30,41,56-57H,2,18-29,31H2,1H3,(H,47,53,54)/b43-39-. The van der Waals surface area contributed by atoms with Crippen LogP contribution in [-0.4, -0.2) is 121 Å². The van der Waals surface area contributed by atoms with Crippen molar-refractivity contribution in [2.75, 3.05) is 75.2 Å². The first-order valence-electron chi connectivity index (χ1n) is 20.3. The zero-order chi connectivity index (χ0) is 39.5. The average Bonchev–Trinajstić information content (AvgIpc) is 3.57. The van der Waals surface area contributed by atoms with E-state index in [0.717, 1.165) is 99.8 Å². The SMILES string of the molecule is CC/C(=C(\c1ccc(B(O)O)cc1)c1ccc(N2CCN(CCN3CCN(c4ccc5c(c4)CN(C4CCC(=O)NC4=O)C5=O)CC3)CC2)cc1)c1ccccc1. The number of piperazine rings is 2. The number of piperidine rings is 1. The van der Waals surface area contributed by atoms with E-state index in [-0.39, 0.29) is 24.1 Å². The number of benzene rings is 4. The van der Waals surface area contributed by atoms with Crippen molar-refractivity contribution >= 4 is 52.8 Å². The van der Waals surface area contributed by atoms with Gasteiger partial charge in [-0.3, -0.25) is 29.5 Å². The smallest absolute Gasteiger partial charge is 0.423 e. The summed E-state index contributed by atoms with van der Waals surface area (Å²) in [6.07, 6.45) is 1.48. The van der Waals surface area contributed by atoms with E-state index < -0.39 is 13.2 Å². The Labute approximate surface area is 335 Å². The van der Waals surface area contributed by atoms with E-state index in [2.05, 4.69) is 86.4 Å². The van der Waals surface area contributed by atoms with Gasteiger partial charge in [-0.05, 0) is 82.0 Å². The molecule has 4 aliphatic heterocycles. The van der Waals surface area contributed by atoms with Gasteiger partial charge in [0, 0.05) is 95.4 Å². The molecule has 1 atom stereocenters. The molecule has 0 bridgehead atoms. The lowest BCUT2D eigenvalue weighted by Crippen LogP contribution is -2.52. The Morgan fingerprint density at radius 1 is 0.702 bits per heavy atom. The van der Waals surface area contributed by atoms with Crippen LogP contribution in [0.4, 0.5) is 11.4 Å². The molecule has 3 amide bonds. The fraction of sp³-hybridized carbons (Fsp3) is 0.356. The fourth-order valence-corrected chi connectivity index (χ4v) is 8.84. The maximum atomic E-state index is 13.1. The molecule has 4 heterocycles. The van der Waals surface area contributed by atoms with E-state index in [9.17, 15) is 24.4 Å². The number of allylic oxidation sites excluding steroid dienone is 1. The summed E-state index contributed by atoms with van der Waals surface area (Å²) in [5.74, 6) is -0.786. The van der Waals surface area contributed by atoms with E-state index in [1.807, 2.05) is 30.3 Å². The van der Waals surface area contributed by atoms with Gasteiger partial charge in [0.25, 0.3) is 5.91 Å². The Bertz CT molecular complexity index is 2110. The molecule has 3 fully saturated rings. The highest BCUT2D eigenvalue weighted by molar-refractivity contribution is 6.58. The van der Waals surface area contributed by atoms with Gasteiger partial charge in [-0.15, -0.1) is 0 Å². The first-order chi connectivity index (χ1) is 27.7. The molecule has 8 rings (SSSR count). The largest absolute Gasteiger partial charge is 0.488 e. The summed E-state index contributed by atoms with van der Waals surface area (Å²) in [5.41, 5.74) is 10.2. The fourth-order valence-electron chi connectivity index (χ4n) is 8.84. The lowest BCUT2D eigenvalue weighted by Gasteiger charge is -2.39. The van der Waals surface area contributed by atoms with E-state index in [4.69, 9.17) is 0 Å². The van der Waals surface area contributed by atoms with Crippen LogP contribution in [0.1, 0.15) is 58.8 Å². The number of carbonyl (C=O) groups is 3. The molecule has 0 spiro atoms. The van der Waals surface area contributed by atoms with Gasteiger partial charge >= 0.3 is 7.12 Å². The number of hydrogen-bond acceptors (Lipinski definition) is 9. The Morgan fingerprint density at radius 2 is 1.28 bits per heavy atom. The van der Waals surface area contributed by atoms with Crippen LogP contribution in [0.3, 0.4) is 0 Å². The van der Waals surface area contributed by atoms with E-state index >= 15 is 0 Å². The molecule has 1 unspecified atom stereocenters. The molecule has 0 aliphatic carbocycles. The molecule has 4 aromatic carbocycles. The maximum Gasteiger partial charge on any atom is 0.488 e. The molecule has 0 radical (unpaired) electrons. The van der Waals surface area contributed by atoms with Gasteiger partial charge in [0.2, 0.25) is 11.8 Å². The lowest BCUT2D eigenvalue weighted by molar-refractivity contribution is -0.136. The van der Waals surface area contributed by atoms with Crippen LogP contribution in [0.5, 0.6) is 0 Å². The lowest BCUT2D eigenvalue weighted by atomic mass is 9.79. The second-order valence-electron chi connectivity index (χ2n) is 15.5. The number of hydrogen-bond donors (Lipinski definition) is 3. The van der Waals surface area contributed by atoms with Crippen molar-refractivity contribution in [2.24, 2.45) is 0 Å². The van der Waals surface area contributed by atoms with Crippen molar-refractivity contribution in [2.45, 2.75) is 38.8 Å². The molecule has 12 heteroatoms. The summed E-state index contributed by atoms with van der Waals surface area (Å²) in [6.45, 7) is 12.5. The molecule has 294 valence electrons. The zero-order valence-electron chi connectivity index (χ0n) is 32.6. The third-order valence-electron chi connectivity index (χ3n) is 12.1. The Morgan fingerprint density at radius 3 is 1.86 bits per heavy atom. The van der Waals surface area contributed by atoms with Crippen LogP contribution < -0.4 is 20.6 Å². The quantitative estimate of drug-likeness (QED) is 0.120. The maximum absolute atomic E-state index is 13.1. The number of carbonyl (C=O) groups excluding carboxylic acids is 3. The number of rotatable bonds is 11. The van der Waals surface area contributed by atoms with Crippen LogP contribution in [0.25, 0.3) is 11.1 Å². The van der Waals surface area contributed by atoms with Gasteiger partial charge in [0.15, 0.2) is 0 Å². The number of nitrogens with one attached hydrogen (secondary N) is 1. The summed E-state index contributed by atoms with van der Waals surface area (Å²) in [7, 11) is -1.50. The first kappa shape index (κ1) is 38.6. The van der Waals surface area contributed by atoms with Gasteiger partial charge in [-0.2, -0.15) is 0 Å². The van der Waals surface area contributed by atoms with E-state index in [1.54, 1.807) is 17.0 Å². The highest BCUT2D eigenvalue weighted by Crippen LogP contribution is 2.35. The molecule has 3 saturated heterocycles. The Balaban J connectivity index is 0.831. The van der Waals surface area contributed by atoms with Crippen molar-refractivity contribution in [3.05, 3.63) is 125 Å². The zero-order valence-corrected chi connectivity index (χ0v) is 32.6. The van der Waals surface area contributed by atoms with Gasteiger partial charge in [-0.1, -0.05) is 73.7 Å². The minimum Gasteiger partial charge on any atom is -0.423 e. The third kappa shape index (κ3) is 8.41. The van der Waals surface area contributed by atoms with Crippen molar-refractivity contribution < 1.29 is 24.4 Å². The summed E-state index contributed by atoms with van der Waals surface area (Å²) in [5, 5.41) is 21.8. The van der Waals surface area contributed by atoms with Crippen LogP contribution in [0.2, 0.25) is 0 Å². The summed E-state index contributed by atoms with van der Waals surface area (Å²) in [6, 6.07) is 32.4. The number of anilines is 2. The van der Waals surface area contributed by atoms with Crippen molar-refractivity contribution in [1.29, 1.82) is 0 Å². The number of fused-ring (bicyclic) bond motifs is 1. The minimum absolute atomic E-state index is 0.133. The topological polar surface area (TPSA) is 120 Å². The van der Waals surface area contributed by atoms with Crippen molar-refractivity contribution in [1.82, 2.24) is 20.0 Å². The minimum atomic E-state index is -1.50. The van der Waals surface area contributed by atoms with E-state index in [1.165, 1.54) is 16.8 Å². The monoisotopic (exact) mass is 766 g/mol. The molecule has 3 N–H and O–H groups in total. The molecule has 11 nitrogen and oxygen atoms in total. The van der Waals surface area contributed by atoms with Gasteiger partial charge in [-0.25, -0.2) is 0 Å². The van der Waals surface area contributed by atoms with Crippen LogP contribution in [0.15, 0.2) is 97.1 Å². The Kier molecular flexibility index (Phi) is 11.6. The van der Waals surface area contributed by atoms with Crippen LogP contribution in [0, 0.1) is 0 Å². The number of amides is 3. The van der Waals surface area contributed by atoms with Gasteiger partial charge < -0.3 is 24.7 Å². The molecule has 0 aromatic heterocycles. The molecule has 0 saturated carbocycles. The Hall–Kier alpha value is -5.27. The second kappa shape index (κ2) is 17.1. The summed E-state index contributed by atoms with van der Waals surface area (Å²) in [4.78, 5) is 48.8. The van der Waals surface area contributed by atoms with Crippen LogP contribution >= 0.6 is 0 Å². The first-order valence-corrected chi connectivity index (χ1v) is 20.3. The average molecular weight is 767 g/mol. The second-order valence-corrected chi connectivity index (χ2v) is 15.5. The normalized spacial score (nSPS) is 19.7. The molecular formula is C45H51BN6O5. The molecular weight excluding hydrogens is 715 g/mol. The third-order valence-corrected chi connectivity index (χ3v) is 12.1.